The minimum absolute atomic E-state index is 0.0843. The number of amides is 1. The third kappa shape index (κ3) is 4.63. The fraction of sp³-hybridized carbons (Fsp3) is 0.611. The summed E-state index contributed by atoms with van der Waals surface area (Å²) in [6.45, 7) is 7.65. The van der Waals surface area contributed by atoms with Gasteiger partial charge < -0.3 is 14.8 Å². The van der Waals surface area contributed by atoms with E-state index in [2.05, 4.69) is 33.1 Å². The van der Waals surface area contributed by atoms with Crippen LogP contribution in [0.2, 0.25) is 0 Å². The molecule has 1 aromatic carbocycles. The summed E-state index contributed by atoms with van der Waals surface area (Å²) in [4.78, 5) is 14.9. The minimum Gasteiger partial charge on any atom is -0.493 e. The van der Waals surface area contributed by atoms with Gasteiger partial charge in [0.1, 0.15) is 0 Å². The van der Waals surface area contributed by atoms with E-state index in [4.69, 9.17) is 9.47 Å². The summed E-state index contributed by atoms with van der Waals surface area (Å²) >= 11 is 3.48. The highest BCUT2D eigenvalue weighted by molar-refractivity contribution is 9.10. The van der Waals surface area contributed by atoms with Crippen LogP contribution in [0.15, 0.2) is 16.6 Å². The van der Waals surface area contributed by atoms with Crippen molar-refractivity contribution < 1.29 is 14.3 Å². The third-order valence-electron chi connectivity index (χ3n) is 4.35. The van der Waals surface area contributed by atoms with Gasteiger partial charge in [0.15, 0.2) is 11.5 Å². The summed E-state index contributed by atoms with van der Waals surface area (Å²) in [5, 5.41) is 3.05. The number of methoxy groups -OCH3 is 1. The van der Waals surface area contributed by atoms with E-state index < -0.39 is 0 Å². The topological polar surface area (TPSA) is 50.8 Å². The zero-order valence-electron chi connectivity index (χ0n) is 14.7. The molecule has 1 atom stereocenters. The molecule has 6 heteroatoms. The molecule has 0 bridgehead atoms. The summed E-state index contributed by atoms with van der Waals surface area (Å²) in [6.07, 6.45) is 3.26. The van der Waals surface area contributed by atoms with Crippen molar-refractivity contribution in [1.29, 1.82) is 0 Å². The van der Waals surface area contributed by atoms with E-state index in [1.165, 1.54) is 6.42 Å². The van der Waals surface area contributed by atoms with E-state index in [1.807, 2.05) is 6.92 Å². The lowest BCUT2D eigenvalue weighted by Crippen LogP contribution is -2.40. The molecule has 1 unspecified atom stereocenters. The van der Waals surface area contributed by atoms with Crippen molar-refractivity contribution in [3.05, 3.63) is 22.2 Å². The third-order valence-corrected chi connectivity index (χ3v) is 4.93. The first-order valence-electron chi connectivity index (χ1n) is 8.63. The number of rotatable bonds is 8. The van der Waals surface area contributed by atoms with Crippen molar-refractivity contribution in [1.82, 2.24) is 10.2 Å². The Morgan fingerprint density at radius 1 is 1.42 bits per heavy atom. The second-order valence-electron chi connectivity index (χ2n) is 5.97. The normalized spacial score (nSPS) is 17.8. The molecule has 5 nitrogen and oxygen atoms in total. The first-order chi connectivity index (χ1) is 11.6. The molecule has 1 aliphatic rings. The Bertz CT molecular complexity index is 565. The van der Waals surface area contributed by atoms with Gasteiger partial charge in [-0.25, -0.2) is 0 Å². The largest absolute Gasteiger partial charge is 0.493 e. The van der Waals surface area contributed by atoms with Crippen LogP contribution in [0.4, 0.5) is 0 Å². The highest BCUT2D eigenvalue weighted by Gasteiger charge is 2.23. The molecule has 1 N–H and O–H groups in total. The Labute approximate surface area is 152 Å². The van der Waals surface area contributed by atoms with E-state index in [0.717, 1.165) is 30.4 Å². The predicted octanol–water partition coefficient (Wildman–Crippen LogP) is 3.46. The summed E-state index contributed by atoms with van der Waals surface area (Å²) in [7, 11) is 1.58. The predicted molar refractivity (Wildman–Crippen MR) is 99.1 cm³/mol. The number of likely N-dealkylation sites (N-methyl/N-ethyl adjacent to an activating group) is 1. The van der Waals surface area contributed by atoms with Crippen LogP contribution < -0.4 is 14.8 Å². The number of carbonyl (C=O) groups is 1. The van der Waals surface area contributed by atoms with Crippen molar-refractivity contribution >= 4 is 21.8 Å². The van der Waals surface area contributed by atoms with Gasteiger partial charge in [-0.05, 0) is 60.4 Å². The molecule has 0 saturated carbocycles. The molecule has 0 aromatic heterocycles. The Hall–Kier alpha value is -1.27. The first kappa shape index (κ1) is 19.1. The van der Waals surface area contributed by atoms with Crippen molar-refractivity contribution in [2.75, 3.05) is 33.4 Å². The van der Waals surface area contributed by atoms with E-state index in [9.17, 15) is 4.79 Å². The number of hydrogen-bond acceptors (Lipinski definition) is 4. The quantitative estimate of drug-likeness (QED) is 0.728. The zero-order valence-corrected chi connectivity index (χ0v) is 16.3. The molecule has 1 saturated heterocycles. The summed E-state index contributed by atoms with van der Waals surface area (Å²) < 4.78 is 11.8. The lowest BCUT2D eigenvalue weighted by Gasteiger charge is -2.23. The average Bonchev–Trinajstić information content (AvgIpc) is 3.05. The number of ether oxygens (including phenoxy) is 2. The lowest BCUT2D eigenvalue weighted by atomic mass is 10.1. The second kappa shape index (κ2) is 9.28. The molecule has 0 spiro atoms. The fourth-order valence-corrected chi connectivity index (χ4v) is 3.61. The van der Waals surface area contributed by atoms with Gasteiger partial charge in [0.05, 0.1) is 18.2 Å². The van der Waals surface area contributed by atoms with E-state index in [0.29, 0.717) is 36.3 Å². The summed E-state index contributed by atoms with van der Waals surface area (Å²) in [5.74, 6) is 1.13. The molecular formula is C18H27BrN2O3. The highest BCUT2D eigenvalue weighted by Crippen LogP contribution is 2.36. The van der Waals surface area contributed by atoms with Crippen molar-refractivity contribution in [3.63, 3.8) is 0 Å². The SMILES string of the molecule is CCCOc1c(Br)cc(C(=O)NCC2CCCN2CC)cc1OC. The second-order valence-corrected chi connectivity index (χ2v) is 6.83. The number of halogens is 1. The molecule has 0 radical (unpaired) electrons. The zero-order chi connectivity index (χ0) is 17.5. The molecule has 1 aromatic rings. The molecular weight excluding hydrogens is 372 g/mol. The van der Waals surface area contributed by atoms with Gasteiger partial charge in [-0.3, -0.25) is 9.69 Å². The summed E-state index contributed by atoms with van der Waals surface area (Å²) in [6, 6.07) is 3.96. The Morgan fingerprint density at radius 3 is 2.88 bits per heavy atom. The molecule has 0 aliphatic carbocycles. The maximum absolute atomic E-state index is 12.5. The molecule has 134 valence electrons. The van der Waals surface area contributed by atoms with E-state index in [1.54, 1.807) is 19.2 Å². The molecule has 24 heavy (non-hydrogen) atoms. The van der Waals surface area contributed by atoms with E-state index in [-0.39, 0.29) is 5.91 Å². The molecule has 1 aliphatic heterocycles. The van der Waals surface area contributed by atoms with Crippen molar-refractivity contribution in [3.8, 4) is 11.5 Å². The van der Waals surface area contributed by atoms with Crippen LogP contribution in [-0.2, 0) is 0 Å². The highest BCUT2D eigenvalue weighted by atomic mass is 79.9. The number of hydrogen-bond donors (Lipinski definition) is 1. The molecule has 2 rings (SSSR count). The number of nitrogens with zero attached hydrogens (tertiary/aromatic N) is 1. The average molecular weight is 399 g/mol. The number of carbonyl (C=O) groups excluding carboxylic acids is 1. The fourth-order valence-electron chi connectivity index (χ4n) is 3.05. The van der Waals surface area contributed by atoms with Gasteiger partial charge in [-0.1, -0.05) is 13.8 Å². The lowest BCUT2D eigenvalue weighted by molar-refractivity contribution is 0.0941. The minimum atomic E-state index is -0.0843. The van der Waals surface area contributed by atoms with Gasteiger partial charge in [0.25, 0.3) is 5.91 Å². The molecule has 1 amide bonds. The smallest absolute Gasteiger partial charge is 0.251 e. The molecule has 1 fully saturated rings. The van der Waals surface area contributed by atoms with Crippen LogP contribution in [0.3, 0.4) is 0 Å². The van der Waals surface area contributed by atoms with Crippen molar-refractivity contribution in [2.45, 2.75) is 39.2 Å². The van der Waals surface area contributed by atoms with Crippen LogP contribution in [0, 0.1) is 0 Å². The van der Waals surface area contributed by atoms with Crippen LogP contribution in [0.5, 0.6) is 11.5 Å². The van der Waals surface area contributed by atoms with Crippen LogP contribution in [0.1, 0.15) is 43.5 Å². The number of likely N-dealkylation sites (tertiary alicyclic amines) is 1. The van der Waals surface area contributed by atoms with Gasteiger partial charge in [0.2, 0.25) is 0 Å². The Kier molecular flexibility index (Phi) is 7.37. The first-order valence-corrected chi connectivity index (χ1v) is 9.42. The van der Waals surface area contributed by atoms with Crippen LogP contribution >= 0.6 is 15.9 Å². The Morgan fingerprint density at radius 2 is 2.21 bits per heavy atom. The van der Waals surface area contributed by atoms with Gasteiger partial charge in [0, 0.05) is 18.2 Å². The Balaban J connectivity index is 2.05. The number of nitrogens with one attached hydrogen (secondary N) is 1. The van der Waals surface area contributed by atoms with Crippen LogP contribution in [-0.4, -0.2) is 50.2 Å². The van der Waals surface area contributed by atoms with Gasteiger partial charge in [-0.15, -0.1) is 0 Å². The standard InChI is InChI=1S/C18H27BrN2O3/c1-4-9-24-17-15(19)10-13(11-16(17)23-3)18(22)20-12-14-7-6-8-21(14)5-2/h10-11,14H,4-9,12H2,1-3H3,(H,20,22). The number of benzene rings is 1. The maximum atomic E-state index is 12.5. The monoisotopic (exact) mass is 398 g/mol. The van der Waals surface area contributed by atoms with Crippen LogP contribution in [0.25, 0.3) is 0 Å². The van der Waals surface area contributed by atoms with Gasteiger partial charge >= 0.3 is 0 Å². The summed E-state index contributed by atoms with van der Waals surface area (Å²) in [5.41, 5.74) is 0.573. The van der Waals surface area contributed by atoms with Gasteiger partial charge in [-0.2, -0.15) is 0 Å². The van der Waals surface area contributed by atoms with E-state index >= 15 is 0 Å². The maximum Gasteiger partial charge on any atom is 0.251 e. The molecule has 1 heterocycles. The van der Waals surface area contributed by atoms with Crippen molar-refractivity contribution in [2.24, 2.45) is 0 Å².